The van der Waals surface area contributed by atoms with Crippen LogP contribution in [0.5, 0.6) is 5.88 Å². The number of nitrogens with one attached hydrogen (secondary N) is 1. The second-order valence-corrected chi connectivity index (χ2v) is 7.71. The van der Waals surface area contributed by atoms with Crippen molar-refractivity contribution in [3.05, 3.63) is 20.9 Å². The van der Waals surface area contributed by atoms with Crippen molar-refractivity contribution < 1.29 is 9.90 Å². The summed E-state index contributed by atoms with van der Waals surface area (Å²) in [4.78, 5) is 25.3. The van der Waals surface area contributed by atoms with Gasteiger partial charge in [-0.1, -0.05) is 32.4 Å². The van der Waals surface area contributed by atoms with Crippen molar-refractivity contribution in [2.75, 3.05) is 5.73 Å². The lowest BCUT2D eigenvalue weighted by atomic mass is 9.97. The van der Waals surface area contributed by atoms with Gasteiger partial charge in [0.2, 0.25) is 5.88 Å². The van der Waals surface area contributed by atoms with E-state index in [1.54, 1.807) is 0 Å². The first-order valence-corrected chi connectivity index (χ1v) is 8.08. The number of hydrogen-bond donors (Lipinski definition) is 3. The van der Waals surface area contributed by atoms with Gasteiger partial charge in [-0.05, 0) is 18.3 Å². The zero-order chi connectivity index (χ0) is 17.8. The maximum Gasteiger partial charge on any atom is 0.270 e. The molecule has 0 aliphatic heterocycles. The second kappa shape index (κ2) is 6.42. The van der Waals surface area contributed by atoms with E-state index in [2.05, 4.69) is 10.4 Å². The largest absolute Gasteiger partial charge is 0.492 e. The predicted molar refractivity (Wildman–Crippen MR) is 97.7 cm³/mol. The Hall–Kier alpha value is -1.93. The van der Waals surface area contributed by atoms with Crippen LogP contribution in [0.25, 0.3) is 5.65 Å². The van der Waals surface area contributed by atoms with E-state index >= 15 is 0 Å². The molecule has 0 atom stereocenters. The van der Waals surface area contributed by atoms with Gasteiger partial charge in [0.1, 0.15) is 5.02 Å². The Morgan fingerprint density at radius 2 is 2.04 bits per heavy atom. The summed E-state index contributed by atoms with van der Waals surface area (Å²) in [6, 6.07) is 0.0503. The molecular formula is C15H21Cl2N5O3. The first kappa shape index (κ1) is 19.4. The molecule has 10 heteroatoms. The van der Waals surface area contributed by atoms with Crippen molar-refractivity contribution >= 4 is 41.4 Å². The van der Waals surface area contributed by atoms with Crippen LogP contribution in [-0.2, 0) is 6.54 Å². The summed E-state index contributed by atoms with van der Waals surface area (Å²) in [5, 5.41) is 17.1. The van der Waals surface area contributed by atoms with Crippen molar-refractivity contribution in [1.29, 1.82) is 0 Å². The van der Waals surface area contributed by atoms with Crippen molar-refractivity contribution in [1.82, 2.24) is 19.5 Å². The zero-order valence-corrected chi connectivity index (χ0v) is 15.7. The quantitative estimate of drug-likeness (QED) is 0.739. The predicted octanol–water partition coefficient (Wildman–Crippen LogP) is 1.80. The number of carbonyl (C=O) groups is 1. The van der Waals surface area contributed by atoms with E-state index in [1.165, 1.54) is 4.57 Å². The molecule has 1 fully saturated rings. The monoisotopic (exact) mass is 389 g/mol. The third-order valence-electron chi connectivity index (χ3n) is 3.74. The molecule has 138 valence electrons. The molecule has 0 radical (unpaired) electrons. The number of aromatic nitrogens is 3. The average molecular weight is 390 g/mol. The lowest BCUT2D eigenvalue weighted by Crippen LogP contribution is -2.37. The fourth-order valence-corrected chi connectivity index (χ4v) is 2.74. The number of aromatic hydroxyl groups is 1. The third-order valence-corrected chi connectivity index (χ3v) is 4.10. The van der Waals surface area contributed by atoms with E-state index in [9.17, 15) is 14.7 Å². The van der Waals surface area contributed by atoms with Crippen LogP contribution in [0.15, 0.2) is 4.79 Å². The van der Waals surface area contributed by atoms with Crippen LogP contribution in [0, 0.1) is 5.41 Å². The van der Waals surface area contributed by atoms with Crippen LogP contribution >= 0.6 is 24.0 Å². The van der Waals surface area contributed by atoms with E-state index in [0.717, 1.165) is 17.4 Å². The van der Waals surface area contributed by atoms with Gasteiger partial charge in [-0.15, -0.1) is 17.5 Å². The molecule has 2 heterocycles. The molecule has 0 aromatic carbocycles. The number of nitrogens with zero attached hydrogens (tertiary/aromatic N) is 3. The summed E-state index contributed by atoms with van der Waals surface area (Å²) in [6.07, 6.45) is 1.73. The van der Waals surface area contributed by atoms with Gasteiger partial charge >= 0.3 is 0 Å². The Balaban J connectivity index is 0.00000225. The van der Waals surface area contributed by atoms with E-state index in [0.29, 0.717) is 0 Å². The molecule has 1 aliphatic carbocycles. The maximum absolute atomic E-state index is 12.9. The van der Waals surface area contributed by atoms with Crippen molar-refractivity contribution in [2.45, 2.75) is 46.2 Å². The van der Waals surface area contributed by atoms with Gasteiger partial charge in [0.15, 0.2) is 17.0 Å². The SMILES string of the molecule is CC(C)(C)Cn1c(=O)c(C(=O)NC2CC2)c(O)n2nc(N)c(Cl)c12.Cl. The molecule has 4 N–H and O–H groups in total. The minimum Gasteiger partial charge on any atom is -0.492 e. The van der Waals surface area contributed by atoms with Gasteiger partial charge in [-0.2, -0.15) is 4.52 Å². The maximum atomic E-state index is 12.9. The number of carbonyl (C=O) groups excluding carboxylic acids is 1. The van der Waals surface area contributed by atoms with Gasteiger partial charge in [0, 0.05) is 12.6 Å². The lowest BCUT2D eigenvalue weighted by molar-refractivity contribution is 0.0944. The summed E-state index contributed by atoms with van der Waals surface area (Å²) in [6.45, 7) is 6.12. The fourth-order valence-electron chi connectivity index (χ4n) is 2.52. The topological polar surface area (TPSA) is 115 Å². The number of nitrogens with two attached hydrogens (primary N) is 1. The molecule has 8 nitrogen and oxygen atoms in total. The van der Waals surface area contributed by atoms with Crippen molar-refractivity contribution in [3.63, 3.8) is 0 Å². The molecule has 0 saturated heterocycles. The van der Waals surface area contributed by atoms with Gasteiger partial charge in [-0.3, -0.25) is 14.2 Å². The highest BCUT2D eigenvalue weighted by atomic mass is 35.5. The molecule has 0 bridgehead atoms. The van der Waals surface area contributed by atoms with Crippen LogP contribution in [0.3, 0.4) is 0 Å². The van der Waals surface area contributed by atoms with Crippen molar-refractivity contribution in [3.8, 4) is 5.88 Å². The van der Waals surface area contributed by atoms with Gasteiger partial charge in [0.05, 0.1) is 0 Å². The third kappa shape index (κ3) is 3.55. The number of hydrogen-bond acceptors (Lipinski definition) is 5. The first-order valence-electron chi connectivity index (χ1n) is 7.70. The fraction of sp³-hybridized carbons (Fsp3) is 0.533. The molecular weight excluding hydrogens is 369 g/mol. The molecule has 3 rings (SSSR count). The second-order valence-electron chi connectivity index (χ2n) is 7.33. The molecule has 0 unspecified atom stereocenters. The smallest absolute Gasteiger partial charge is 0.270 e. The minimum absolute atomic E-state index is 0. The summed E-state index contributed by atoms with van der Waals surface area (Å²) in [5.41, 5.74) is 4.67. The lowest BCUT2D eigenvalue weighted by Gasteiger charge is -2.21. The minimum atomic E-state index is -0.616. The summed E-state index contributed by atoms with van der Waals surface area (Å²) in [5.74, 6) is -1.19. The Morgan fingerprint density at radius 3 is 2.56 bits per heavy atom. The molecule has 1 amide bonds. The number of fused-ring (bicyclic) bond motifs is 1. The van der Waals surface area contributed by atoms with E-state index in [4.69, 9.17) is 17.3 Å². The van der Waals surface area contributed by atoms with E-state index in [-0.39, 0.29) is 52.5 Å². The molecule has 25 heavy (non-hydrogen) atoms. The number of anilines is 1. The number of nitrogen functional groups attached to an aromatic ring is 1. The standard InChI is InChI=1S/C15H20ClN5O3.ClH/c1-15(2,3)6-20-12-9(16)10(17)19-21(12)14(24)8(13(20)23)11(22)18-7-4-5-7;/h7,24H,4-6H2,1-3H3,(H2,17,19)(H,18,22);1H. The molecule has 0 spiro atoms. The van der Waals surface area contributed by atoms with Crippen LogP contribution in [0.4, 0.5) is 5.82 Å². The van der Waals surface area contributed by atoms with Gasteiger partial charge in [-0.25, -0.2) is 0 Å². The van der Waals surface area contributed by atoms with Crippen LogP contribution in [-0.4, -0.2) is 31.2 Å². The Labute approximate surface area is 155 Å². The molecule has 1 aliphatic rings. The number of halogens is 2. The zero-order valence-electron chi connectivity index (χ0n) is 14.2. The molecule has 2 aromatic rings. The van der Waals surface area contributed by atoms with Crippen LogP contribution in [0.1, 0.15) is 44.0 Å². The van der Waals surface area contributed by atoms with E-state index < -0.39 is 17.3 Å². The van der Waals surface area contributed by atoms with Crippen molar-refractivity contribution in [2.24, 2.45) is 5.41 Å². The highest BCUT2D eigenvalue weighted by Crippen LogP contribution is 2.29. The Morgan fingerprint density at radius 1 is 1.44 bits per heavy atom. The molecule has 1 saturated carbocycles. The van der Waals surface area contributed by atoms with Crippen LogP contribution < -0.4 is 16.6 Å². The van der Waals surface area contributed by atoms with Gasteiger partial charge in [0.25, 0.3) is 11.5 Å². The summed E-state index contributed by atoms with van der Waals surface area (Å²) < 4.78 is 2.39. The van der Waals surface area contributed by atoms with Gasteiger partial charge < -0.3 is 16.2 Å². The number of amides is 1. The number of rotatable bonds is 3. The van der Waals surface area contributed by atoms with Crippen LogP contribution in [0.2, 0.25) is 5.02 Å². The highest BCUT2D eigenvalue weighted by molar-refractivity contribution is 6.35. The first-order chi connectivity index (χ1) is 11.1. The van der Waals surface area contributed by atoms with E-state index in [1.807, 2.05) is 20.8 Å². The highest BCUT2D eigenvalue weighted by Gasteiger charge is 2.31. The molecule has 2 aromatic heterocycles. The summed E-state index contributed by atoms with van der Waals surface area (Å²) >= 11 is 6.17. The Bertz CT molecular complexity index is 893. The summed E-state index contributed by atoms with van der Waals surface area (Å²) in [7, 11) is 0. The Kier molecular flexibility index (Phi) is 4.98. The average Bonchev–Trinajstić information content (AvgIpc) is 3.20. The normalized spacial score (nSPS) is 14.4.